The lowest BCUT2D eigenvalue weighted by Gasteiger charge is -2.23. The van der Waals surface area contributed by atoms with Crippen molar-refractivity contribution in [3.8, 4) is 17.2 Å². The average molecular weight is 483 g/mol. The summed E-state index contributed by atoms with van der Waals surface area (Å²) in [6.07, 6.45) is 4.63. The predicted octanol–water partition coefficient (Wildman–Crippen LogP) is 3.43. The van der Waals surface area contributed by atoms with Gasteiger partial charge in [-0.05, 0) is 24.3 Å². The molecule has 0 bridgehead atoms. The highest BCUT2D eigenvalue weighted by molar-refractivity contribution is 6.00. The number of nitrogens with one attached hydrogen (secondary N) is 2. The van der Waals surface area contributed by atoms with Crippen LogP contribution in [0.3, 0.4) is 0 Å². The molecule has 0 saturated heterocycles. The van der Waals surface area contributed by atoms with Crippen LogP contribution in [0.4, 0.5) is 21.6 Å². The van der Waals surface area contributed by atoms with E-state index < -0.39 is 5.82 Å². The Kier molecular flexibility index (Phi) is 4.74. The fourth-order valence-electron chi connectivity index (χ4n) is 4.60. The van der Waals surface area contributed by atoms with E-state index in [9.17, 15) is 4.39 Å². The van der Waals surface area contributed by atoms with Crippen molar-refractivity contribution in [2.45, 2.75) is 0 Å². The normalized spacial score (nSPS) is 14.9. The Balaban J connectivity index is 1.21. The van der Waals surface area contributed by atoms with Crippen LogP contribution in [0.5, 0.6) is 17.2 Å². The number of hydrogen-bond donors (Lipinski definition) is 2. The fraction of sp³-hybridized carbons (Fsp3) is 0.160. The summed E-state index contributed by atoms with van der Waals surface area (Å²) in [5, 5.41) is 11.4. The van der Waals surface area contributed by atoms with E-state index in [1.54, 1.807) is 35.0 Å². The number of rotatable bonds is 4. The first-order valence-electron chi connectivity index (χ1n) is 11.5. The van der Waals surface area contributed by atoms with Crippen molar-refractivity contribution in [1.29, 1.82) is 0 Å². The largest absolute Gasteiger partial charge is 0.475 e. The standard InChI is InChI=1S/C25H20FN8O2/c26-18-9-15(1-4-21(18)36-17-5-7-34-22(10-17)29-14-31-34)32-25-23-19(28-13-30-25)2-3-20-24(23)35-12-16-11-27-6-8-33(16)20/h1-5,7,9-10,13-14,27H,6,8,11-12H2,(H,28,30,32)/q+1. The number of hydrogen-bond acceptors (Lipinski definition) is 8. The molecule has 7 rings (SSSR count). The minimum Gasteiger partial charge on any atom is -0.475 e. The SMILES string of the molecule is Fc1cc(Nc2ncnc3ccc4c(c23)OCC2=[N+]4CCNC2)ccc1Oc1ccn2ncnc2c1. The van der Waals surface area contributed by atoms with Crippen LogP contribution in [-0.4, -0.2) is 61.1 Å². The molecule has 0 fully saturated rings. The lowest BCUT2D eigenvalue weighted by Crippen LogP contribution is -2.44. The molecule has 0 spiro atoms. The number of pyridine rings is 1. The molecule has 5 heterocycles. The molecule has 0 aliphatic carbocycles. The molecule has 5 aromatic rings. The summed E-state index contributed by atoms with van der Waals surface area (Å²) in [7, 11) is 0. The van der Waals surface area contributed by atoms with Crippen molar-refractivity contribution in [2.75, 3.05) is 31.6 Å². The predicted molar refractivity (Wildman–Crippen MR) is 130 cm³/mol. The van der Waals surface area contributed by atoms with Gasteiger partial charge in [-0.1, -0.05) is 0 Å². The zero-order chi connectivity index (χ0) is 24.1. The highest BCUT2D eigenvalue weighted by Gasteiger charge is 2.32. The van der Waals surface area contributed by atoms with Crippen LogP contribution >= 0.6 is 0 Å². The Hall–Kier alpha value is -4.64. The molecule has 2 N–H and O–H groups in total. The van der Waals surface area contributed by atoms with Gasteiger partial charge in [0.25, 0.3) is 0 Å². The van der Waals surface area contributed by atoms with Gasteiger partial charge in [-0.3, -0.25) is 0 Å². The van der Waals surface area contributed by atoms with Crippen molar-refractivity contribution >= 4 is 39.5 Å². The minimum absolute atomic E-state index is 0.0967. The third-order valence-corrected chi connectivity index (χ3v) is 6.31. The monoisotopic (exact) mass is 483 g/mol. The first-order chi connectivity index (χ1) is 17.7. The van der Waals surface area contributed by atoms with Gasteiger partial charge in [-0.25, -0.2) is 23.9 Å². The van der Waals surface area contributed by atoms with Gasteiger partial charge >= 0.3 is 0 Å². The van der Waals surface area contributed by atoms with Crippen molar-refractivity contribution < 1.29 is 18.4 Å². The molecular weight excluding hydrogens is 463 g/mol. The summed E-state index contributed by atoms with van der Waals surface area (Å²) in [4.78, 5) is 13.0. The molecule has 0 atom stereocenters. The van der Waals surface area contributed by atoms with Gasteiger partial charge in [0.2, 0.25) is 17.1 Å². The maximum atomic E-state index is 15.0. The molecule has 0 saturated carbocycles. The fourth-order valence-corrected chi connectivity index (χ4v) is 4.60. The van der Waals surface area contributed by atoms with Crippen molar-refractivity contribution in [2.24, 2.45) is 0 Å². The Morgan fingerprint density at radius 2 is 2.06 bits per heavy atom. The van der Waals surface area contributed by atoms with E-state index in [4.69, 9.17) is 9.47 Å². The molecule has 2 aromatic carbocycles. The van der Waals surface area contributed by atoms with E-state index in [0.29, 0.717) is 29.5 Å². The minimum atomic E-state index is -0.516. The summed E-state index contributed by atoms with van der Waals surface area (Å²) in [5.74, 6) is 1.31. The lowest BCUT2D eigenvalue weighted by atomic mass is 10.1. The Labute approximate surface area is 204 Å². The van der Waals surface area contributed by atoms with Gasteiger partial charge in [0.15, 0.2) is 30.4 Å². The molecule has 36 heavy (non-hydrogen) atoms. The number of anilines is 2. The van der Waals surface area contributed by atoms with Gasteiger partial charge < -0.3 is 20.1 Å². The molecule has 2 aliphatic rings. The second kappa shape index (κ2) is 8.24. The Bertz CT molecular complexity index is 1680. The van der Waals surface area contributed by atoms with Gasteiger partial charge in [0.05, 0.1) is 24.0 Å². The van der Waals surface area contributed by atoms with Crippen LogP contribution in [0, 0.1) is 5.82 Å². The Morgan fingerprint density at radius 3 is 3.00 bits per heavy atom. The highest BCUT2D eigenvalue weighted by Crippen LogP contribution is 2.41. The van der Waals surface area contributed by atoms with E-state index in [-0.39, 0.29) is 5.75 Å². The van der Waals surface area contributed by atoms with Crippen LogP contribution < -0.4 is 20.1 Å². The molecular formula is C25H20FN8O2+. The Morgan fingerprint density at radius 1 is 1.08 bits per heavy atom. The van der Waals surface area contributed by atoms with E-state index in [2.05, 4.69) is 35.3 Å². The van der Waals surface area contributed by atoms with Gasteiger partial charge in [0.1, 0.15) is 24.2 Å². The van der Waals surface area contributed by atoms with Crippen molar-refractivity contribution in [3.63, 3.8) is 0 Å². The van der Waals surface area contributed by atoms with Gasteiger partial charge in [-0.2, -0.15) is 9.67 Å². The zero-order valence-corrected chi connectivity index (χ0v) is 19.0. The van der Waals surface area contributed by atoms with Crippen LogP contribution in [0.1, 0.15) is 0 Å². The molecule has 3 aromatic heterocycles. The lowest BCUT2D eigenvalue weighted by molar-refractivity contribution is -0.449. The number of ether oxygens (including phenoxy) is 2. The second-order valence-corrected chi connectivity index (χ2v) is 8.51. The summed E-state index contributed by atoms with van der Waals surface area (Å²) >= 11 is 0. The number of aromatic nitrogens is 5. The number of nitrogens with zero attached hydrogens (tertiary/aromatic N) is 6. The molecule has 0 unspecified atom stereocenters. The quantitative estimate of drug-likeness (QED) is 0.375. The van der Waals surface area contributed by atoms with Crippen molar-refractivity contribution in [1.82, 2.24) is 29.9 Å². The molecule has 2 aliphatic heterocycles. The van der Waals surface area contributed by atoms with Gasteiger partial charge in [-0.15, -0.1) is 0 Å². The summed E-state index contributed by atoms with van der Waals surface area (Å²) in [6, 6.07) is 12.1. The van der Waals surface area contributed by atoms with Crippen LogP contribution in [-0.2, 0) is 0 Å². The van der Waals surface area contributed by atoms with Crippen LogP contribution in [0.2, 0.25) is 0 Å². The van der Waals surface area contributed by atoms with E-state index in [1.807, 2.05) is 12.1 Å². The molecule has 10 nitrogen and oxygen atoms in total. The topological polar surface area (TPSA) is 102 Å². The molecule has 0 radical (unpaired) electrons. The molecule has 11 heteroatoms. The second-order valence-electron chi connectivity index (χ2n) is 8.51. The highest BCUT2D eigenvalue weighted by atomic mass is 19.1. The third-order valence-electron chi connectivity index (χ3n) is 6.31. The summed E-state index contributed by atoms with van der Waals surface area (Å²) in [6.45, 7) is 3.06. The van der Waals surface area contributed by atoms with Crippen LogP contribution in [0.15, 0.2) is 61.3 Å². The van der Waals surface area contributed by atoms with Gasteiger partial charge in [0, 0.05) is 30.1 Å². The summed E-state index contributed by atoms with van der Waals surface area (Å²) in [5.41, 5.74) is 4.06. The van der Waals surface area contributed by atoms with E-state index >= 15 is 0 Å². The van der Waals surface area contributed by atoms with Crippen LogP contribution in [0.25, 0.3) is 16.6 Å². The summed E-state index contributed by atoms with van der Waals surface area (Å²) < 4.78 is 30.8. The van der Waals surface area contributed by atoms with E-state index in [1.165, 1.54) is 24.4 Å². The third kappa shape index (κ3) is 3.48. The molecule has 0 amide bonds. The first-order valence-corrected chi connectivity index (χ1v) is 11.5. The number of benzene rings is 2. The number of fused-ring (bicyclic) bond motifs is 5. The smallest absolute Gasteiger partial charge is 0.248 e. The first kappa shape index (κ1) is 20.7. The zero-order valence-electron chi connectivity index (χ0n) is 19.0. The molecule has 178 valence electrons. The maximum absolute atomic E-state index is 15.0. The number of halogens is 1. The van der Waals surface area contributed by atoms with E-state index in [0.717, 1.165) is 42.0 Å². The van der Waals surface area contributed by atoms with Crippen molar-refractivity contribution in [3.05, 3.63) is 67.1 Å². The average Bonchev–Trinajstić information content (AvgIpc) is 3.38. The maximum Gasteiger partial charge on any atom is 0.248 e.